The molecule has 1 N–H and O–H groups in total. The Balaban J connectivity index is 2.29. The summed E-state index contributed by atoms with van der Waals surface area (Å²) in [7, 11) is 3.02. The average molecular weight is 336 g/mol. The van der Waals surface area contributed by atoms with Gasteiger partial charge in [-0.2, -0.15) is 8.78 Å². The lowest BCUT2D eigenvalue weighted by molar-refractivity contribution is -0.140. The van der Waals surface area contributed by atoms with Crippen LogP contribution in [0.25, 0.3) is 0 Å². The number of nitrogens with one attached hydrogen (secondary N) is 1. The largest absolute Gasteiger partial charge is 0.350 e. The van der Waals surface area contributed by atoms with E-state index in [9.17, 15) is 22.8 Å². The molecule has 0 aliphatic heterocycles. The topological polar surface area (TPSA) is 49.4 Å². The summed E-state index contributed by atoms with van der Waals surface area (Å²) in [6.07, 6.45) is 0. The number of hydrogen-bond donors (Lipinski definition) is 1. The summed E-state index contributed by atoms with van der Waals surface area (Å²) in [6, 6.07) is 9.23. The van der Waals surface area contributed by atoms with Crippen LogP contribution in [0.15, 0.2) is 48.5 Å². The summed E-state index contributed by atoms with van der Waals surface area (Å²) < 4.78 is 41.3. The average Bonchev–Trinajstić information content (AvgIpc) is 2.55. The number of alkyl halides is 2. The van der Waals surface area contributed by atoms with Gasteiger partial charge in [0.2, 0.25) is 0 Å². The minimum atomic E-state index is -3.87. The van der Waals surface area contributed by atoms with Crippen LogP contribution in [0.4, 0.5) is 18.9 Å². The van der Waals surface area contributed by atoms with E-state index in [2.05, 4.69) is 5.32 Å². The Morgan fingerprint density at radius 1 is 1.00 bits per heavy atom. The fraction of sp³-hybridized carbons (Fsp3) is 0.176. The molecule has 7 heteroatoms. The van der Waals surface area contributed by atoms with Crippen molar-refractivity contribution in [2.24, 2.45) is 0 Å². The van der Waals surface area contributed by atoms with Gasteiger partial charge < -0.3 is 10.2 Å². The summed E-state index contributed by atoms with van der Waals surface area (Å²) in [4.78, 5) is 25.3. The molecule has 24 heavy (non-hydrogen) atoms. The van der Waals surface area contributed by atoms with E-state index >= 15 is 0 Å². The number of hydrogen-bond acceptors (Lipinski definition) is 2. The van der Waals surface area contributed by atoms with E-state index in [1.54, 1.807) is 6.07 Å². The van der Waals surface area contributed by atoms with E-state index in [0.29, 0.717) is 0 Å². The van der Waals surface area contributed by atoms with Crippen LogP contribution < -0.4 is 5.32 Å². The van der Waals surface area contributed by atoms with Crippen LogP contribution in [0.2, 0.25) is 0 Å². The number of anilines is 1. The Morgan fingerprint density at radius 3 is 2.17 bits per heavy atom. The minimum absolute atomic E-state index is 0.0250. The molecule has 0 saturated heterocycles. The number of halogens is 3. The fourth-order valence-corrected chi connectivity index (χ4v) is 2.01. The lowest BCUT2D eigenvalue weighted by atomic mass is 10.1. The van der Waals surface area contributed by atoms with Crippen molar-refractivity contribution in [3.63, 3.8) is 0 Å². The van der Waals surface area contributed by atoms with Gasteiger partial charge in [0.1, 0.15) is 5.82 Å². The SMILES string of the molecule is CN(C)C(=O)c1ccccc1NC(=O)C(F)(F)c1ccc(F)cc1. The van der Waals surface area contributed by atoms with Gasteiger partial charge in [0.25, 0.3) is 11.8 Å². The Bertz CT molecular complexity index is 759. The summed E-state index contributed by atoms with van der Waals surface area (Å²) >= 11 is 0. The second-order valence-electron chi connectivity index (χ2n) is 5.28. The van der Waals surface area contributed by atoms with E-state index in [1.807, 2.05) is 0 Å². The van der Waals surface area contributed by atoms with Gasteiger partial charge >= 0.3 is 5.92 Å². The molecule has 0 heterocycles. The Morgan fingerprint density at radius 2 is 1.58 bits per heavy atom. The van der Waals surface area contributed by atoms with Crippen molar-refractivity contribution >= 4 is 17.5 Å². The van der Waals surface area contributed by atoms with Crippen LogP contribution in [-0.4, -0.2) is 30.8 Å². The molecule has 0 spiro atoms. The summed E-state index contributed by atoms with van der Waals surface area (Å²) in [6.45, 7) is 0. The number of amides is 2. The van der Waals surface area contributed by atoms with Crippen LogP contribution in [0.3, 0.4) is 0 Å². The van der Waals surface area contributed by atoms with Crippen molar-refractivity contribution in [3.8, 4) is 0 Å². The first-order chi connectivity index (χ1) is 11.2. The molecule has 0 atom stereocenters. The van der Waals surface area contributed by atoms with Gasteiger partial charge in [0.15, 0.2) is 0 Å². The van der Waals surface area contributed by atoms with Crippen LogP contribution in [0.5, 0.6) is 0 Å². The van der Waals surface area contributed by atoms with Gasteiger partial charge in [0, 0.05) is 19.7 Å². The molecule has 2 rings (SSSR count). The molecule has 0 unspecified atom stereocenters. The smallest absolute Gasteiger partial charge is 0.345 e. The van der Waals surface area contributed by atoms with Gasteiger partial charge in [-0.25, -0.2) is 4.39 Å². The van der Waals surface area contributed by atoms with Gasteiger partial charge in [-0.05, 0) is 36.4 Å². The lowest BCUT2D eigenvalue weighted by Crippen LogP contribution is -2.33. The van der Waals surface area contributed by atoms with Gasteiger partial charge in [-0.15, -0.1) is 0 Å². The molecule has 2 amide bonds. The maximum Gasteiger partial charge on any atom is 0.350 e. The standard InChI is InChI=1S/C17H15F3N2O2/c1-22(2)15(23)13-5-3-4-6-14(13)21-16(24)17(19,20)11-7-9-12(18)10-8-11/h3-10H,1-2H3,(H,21,24). The third-order valence-corrected chi connectivity index (χ3v) is 3.30. The van der Waals surface area contributed by atoms with Crippen molar-refractivity contribution in [2.75, 3.05) is 19.4 Å². The second-order valence-corrected chi connectivity index (χ2v) is 5.28. The van der Waals surface area contributed by atoms with Crippen LogP contribution >= 0.6 is 0 Å². The number of carbonyl (C=O) groups excluding carboxylic acids is 2. The molecule has 0 saturated carbocycles. The molecule has 0 aromatic heterocycles. The molecule has 2 aromatic carbocycles. The Labute approximate surface area is 136 Å². The van der Waals surface area contributed by atoms with Crippen molar-refractivity contribution in [1.29, 1.82) is 0 Å². The first kappa shape index (κ1) is 17.5. The maximum absolute atomic E-state index is 14.2. The second kappa shape index (κ2) is 6.74. The van der Waals surface area contributed by atoms with Gasteiger partial charge in [0.05, 0.1) is 11.3 Å². The van der Waals surface area contributed by atoms with E-state index < -0.39 is 29.1 Å². The molecular weight excluding hydrogens is 321 g/mol. The highest BCUT2D eigenvalue weighted by Gasteiger charge is 2.41. The normalized spacial score (nSPS) is 11.0. The van der Waals surface area contributed by atoms with E-state index in [0.717, 1.165) is 24.3 Å². The molecule has 0 aliphatic rings. The zero-order valence-electron chi connectivity index (χ0n) is 13.0. The van der Waals surface area contributed by atoms with Crippen LogP contribution in [-0.2, 0) is 10.7 Å². The van der Waals surface area contributed by atoms with E-state index in [-0.39, 0.29) is 11.3 Å². The number of carbonyl (C=O) groups is 2. The first-order valence-corrected chi connectivity index (χ1v) is 6.99. The number of rotatable bonds is 4. The molecular formula is C17H15F3N2O2. The maximum atomic E-state index is 14.2. The Hall–Kier alpha value is -2.83. The minimum Gasteiger partial charge on any atom is -0.345 e. The predicted molar refractivity (Wildman–Crippen MR) is 83.4 cm³/mol. The van der Waals surface area contributed by atoms with Crippen LogP contribution in [0, 0.1) is 5.82 Å². The zero-order valence-corrected chi connectivity index (χ0v) is 13.0. The van der Waals surface area contributed by atoms with Gasteiger partial charge in [-0.1, -0.05) is 12.1 Å². The van der Waals surface area contributed by atoms with Gasteiger partial charge in [-0.3, -0.25) is 9.59 Å². The number of nitrogens with zero attached hydrogens (tertiary/aromatic N) is 1. The van der Waals surface area contributed by atoms with Crippen molar-refractivity contribution < 1.29 is 22.8 Å². The molecule has 2 aromatic rings. The third kappa shape index (κ3) is 3.56. The summed E-state index contributed by atoms with van der Waals surface area (Å²) in [5.74, 6) is -6.59. The van der Waals surface area contributed by atoms with Crippen molar-refractivity contribution in [3.05, 3.63) is 65.5 Å². The quantitative estimate of drug-likeness (QED) is 0.932. The monoisotopic (exact) mass is 336 g/mol. The number of para-hydroxylation sites is 1. The molecule has 126 valence electrons. The third-order valence-electron chi connectivity index (χ3n) is 3.30. The predicted octanol–water partition coefficient (Wildman–Crippen LogP) is 3.26. The first-order valence-electron chi connectivity index (χ1n) is 6.99. The molecule has 0 radical (unpaired) electrons. The number of benzene rings is 2. The Kier molecular flexibility index (Phi) is 4.92. The summed E-state index contributed by atoms with van der Waals surface area (Å²) in [5, 5.41) is 2.07. The van der Waals surface area contributed by atoms with Crippen molar-refractivity contribution in [2.45, 2.75) is 5.92 Å². The molecule has 4 nitrogen and oxygen atoms in total. The molecule has 0 fully saturated rings. The highest BCUT2D eigenvalue weighted by Crippen LogP contribution is 2.30. The van der Waals surface area contributed by atoms with E-state index in [4.69, 9.17) is 0 Å². The van der Waals surface area contributed by atoms with Crippen LogP contribution in [0.1, 0.15) is 15.9 Å². The van der Waals surface area contributed by atoms with E-state index in [1.165, 1.54) is 37.2 Å². The fourth-order valence-electron chi connectivity index (χ4n) is 2.01. The molecule has 0 aliphatic carbocycles. The molecule has 0 bridgehead atoms. The van der Waals surface area contributed by atoms with Crippen molar-refractivity contribution in [1.82, 2.24) is 4.90 Å². The highest BCUT2D eigenvalue weighted by molar-refractivity contribution is 6.05. The highest BCUT2D eigenvalue weighted by atomic mass is 19.3. The lowest BCUT2D eigenvalue weighted by Gasteiger charge is -2.19. The summed E-state index contributed by atoms with van der Waals surface area (Å²) in [5.41, 5.74) is -0.577. The zero-order chi connectivity index (χ0) is 17.9.